The van der Waals surface area contributed by atoms with Gasteiger partial charge in [-0.05, 0) is 117 Å². The molecule has 7 aliphatic rings. The normalized spacial score (nSPS) is 52.9. The van der Waals surface area contributed by atoms with Gasteiger partial charge in [0.1, 0.15) is 73.2 Å². The third kappa shape index (κ3) is 9.03. The van der Waals surface area contributed by atoms with Gasteiger partial charge in [-0.3, -0.25) is 0 Å². The monoisotopic (exact) mass is 963 g/mol. The second-order valence-electron chi connectivity index (χ2n) is 23.1. The summed E-state index contributed by atoms with van der Waals surface area (Å²) in [6.45, 7) is 14.5. The zero-order chi connectivity index (χ0) is 49.5. The first-order chi connectivity index (χ1) is 31.3. The Hall–Kier alpha value is -1.02. The number of allylic oxidation sites excluding steroid dienone is 2. The summed E-state index contributed by atoms with van der Waals surface area (Å²) in [6.07, 6.45) is -19.9. The summed E-state index contributed by atoms with van der Waals surface area (Å²) in [7, 11) is 0. The van der Waals surface area contributed by atoms with Gasteiger partial charge in [-0.2, -0.15) is 0 Å². The van der Waals surface area contributed by atoms with Crippen LogP contribution in [0.1, 0.15) is 107 Å². The van der Waals surface area contributed by atoms with E-state index in [2.05, 4.69) is 26.8 Å². The Kier molecular flexibility index (Phi) is 15.9. The zero-order valence-corrected chi connectivity index (χ0v) is 40.3. The molecule has 67 heavy (non-hydrogen) atoms. The first kappa shape index (κ1) is 53.8. The van der Waals surface area contributed by atoms with Crippen LogP contribution < -0.4 is 0 Å². The van der Waals surface area contributed by atoms with E-state index in [1.807, 2.05) is 34.6 Å². The number of aliphatic hydroxyl groups excluding tert-OH is 13. The predicted octanol–water partition coefficient (Wildman–Crippen LogP) is -1.06. The molecule has 26 unspecified atom stereocenters. The van der Waals surface area contributed by atoms with Crippen LogP contribution in [0.15, 0.2) is 11.6 Å². The molecule has 0 aromatic carbocycles. The van der Waals surface area contributed by atoms with Crippen molar-refractivity contribution in [3.05, 3.63) is 11.6 Å². The van der Waals surface area contributed by atoms with E-state index >= 15 is 0 Å². The van der Waals surface area contributed by atoms with Gasteiger partial charge in [-0.1, -0.05) is 46.3 Å². The van der Waals surface area contributed by atoms with Gasteiger partial charge in [0.25, 0.3) is 0 Å². The summed E-state index contributed by atoms with van der Waals surface area (Å²) in [6, 6.07) is 0. The second kappa shape index (κ2) is 19.8. The molecule has 7 rings (SSSR count). The fraction of sp³-hybridized carbons (Fsp3) is 0.958. The number of fused-ring (bicyclic) bond motifs is 5. The SMILES string of the molecule is CC(C)=CCCC(C)(OC1OC(CO)C(O)C(O)C1OC1OC(CO)C(O)C(O)C1O)C1CCC2(C)C1C(O)CC1C3(C)CCC(O)C(C)(C)C3C(OC3OC(CO)C(O)C(O)C3O)CC12C. The summed E-state index contributed by atoms with van der Waals surface area (Å²) in [5.41, 5.74) is -2.54. The molecular weight excluding hydrogens is 881 g/mol. The smallest absolute Gasteiger partial charge is 0.187 e. The molecule has 0 radical (unpaired) electrons. The van der Waals surface area contributed by atoms with Crippen molar-refractivity contribution in [1.82, 2.24) is 0 Å². The minimum atomic E-state index is -1.85. The molecule has 7 fully saturated rings. The summed E-state index contributed by atoms with van der Waals surface area (Å²) in [4.78, 5) is 0. The Morgan fingerprint density at radius 1 is 0.642 bits per heavy atom. The third-order valence-electron chi connectivity index (χ3n) is 18.7. The molecular formula is C48H82O19. The van der Waals surface area contributed by atoms with Crippen molar-refractivity contribution in [2.45, 2.75) is 223 Å². The number of hydrogen-bond acceptors (Lipinski definition) is 19. The van der Waals surface area contributed by atoms with E-state index in [9.17, 15) is 66.4 Å². The molecule has 0 amide bonds. The molecule has 19 heteroatoms. The summed E-state index contributed by atoms with van der Waals surface area (Å²) in [5.74, 6) is -1.21. The third-order valence-corrected chi connectivity index (χ3v) is 18.7. The average Bonchev–Trinajstić information content (AvgIpc) is 3.66. The molecule has 3 heterocycles. The molecule has 3 aliphatic heterocycles. The number of rotatable bonds is 13. The van der Waals surface area contributed by atoms with E-state index in [0.717, 1.165) is 5.57 Å². The van der Waals surface area contributed by atoms with Crippen molar-refractivity contribution >= 4 is 0 Å². The lowest BCUT2D eigenvalue weighted by Gasteiger charge is -2.72. The minimum Gasteiger partial charge on any atom is -0.394 e. The Bertz CT molecular complexity index is 1710. The first-order valence-electron chi connectivity index (χ1n) is 24.5. The van der Waals surface area contributed by atoms with Gasteiger partial charge in [0.2, 0.25) is 0 Å². The standard InChI is InChI=1S/C48H82O19/c1-21(2)10-9-13-48(8,67-43-39(36(59)33(56)27(20-51)65-43)66-42-38(61)35(58)32(55)26(19-50)64-42)22-11-15-46(6)30(22)23(52)16-28-45(5)14-12-29(53)44(3,4)40(45)24(17-47(28,46)7)62-41-37(60)34(57)31(54)25(18-49)63-41/h10,22-43,49-61H,9,11-20H2,1-8H3. The van der Waals surface area contributed by atoms with Crippen LogP contribution in [0, 0.1) is 45.3 Å². The highest BCUT2D eigenvalue weighted by molar-refractivity contribution is 5.22. The lowest BCUT2D eigenvalue weighted by atomic mass is 9.34. The fourth-order valence-electron chi connectivity index (χ4n) is 14.9. The van der Waals surface area contributed by atoms with Gasteiger partial charge >= 0.3 is 0 Å². The van der Waals surface area contributed by atoms with E-state index in [1.165, 1.54) is 0 Å². The van der Waals surface area contributed by atoms with Crippen molar-refractivity contribution in [3.8, 4) is 0 Å². The van der Waals surface area contributed by atoms with E-state index in [4.69, 9.17) is 28.4 Å². The molecule has 19 nitrogen and oxygen atoms in total. The second-order valence-corrected chi connectivity index (χ2v) is 23.1. The Balaban J connectivity index is 1.26. The minimum absolute atomic E-state index is 0.0841. The van der Waals surface area contributed by atoms with Gasteiger partial charge < -0.3 is 94.8 Å². The maximum atomic E-state index is 12.8. The van der Waals surface area contributed by atoms with Crippen LogP contribution in [0.2, 0.25) is 0 Å². The van der Waals surface area contributed by atoms with Crippen molar-refractivity contribution in [3.63, 3.8) is 0 Å². The Morgan fingerprint density at radius 2 is 1.16 bits per heavy atom. The van der Waals surface area contributed by atoms with Crippen molar-refractivity contribution in [1.29, 1.82) is 0 Å². The van der Waals surface area contributed by atoms with E-state index in [0.29, 0.717) is 51.4 Å². The van der Waals surface area contributed by atoms with Crippen LogP contribution in [0.4, 0.5) is 0 Å². The number of ether oxygens (including phenoxy) is 6. The topological polar surface area (TPSA) is 318 Å². The van der Waals surface area contributed by atoms with Crippen LogP contribution in [-0.2, 0) is 28.4 Å². The predicted molar refractivity (Wildman–Crippen MR) is 235 cm³/mol. The van der Waals surface area contributed by atoms with E-state index in [-0.39, 0.29) is 17.8 Å². The highest BCUT2D eigenvalue weighted by Gasteiger charge is 2.74. The van der Waals surface area contributed by atoms with Crippen LogP contribution in [-0.4, -0.2) is 202 Å². The van der Waals surface area contributed by atoms with Crippen molar-refractivity contribution in [2.24, 2.45) is 45.3 Å². The largest absolute Gasteiger partial charge is 0.394 e. The van der Waals surface area contributed by atoms with Gasteiger partial charge in [-0.15, -0.1) is 0 Å². The lowest BCUT2D eigenvalue weighted by molar-refractivity contribution is -0.382. The summed E-state index contributed by atoms with van der Waals surface area (Å²) < 4.78 is 37.8. The Labute approximate surface area is 393 Å². The highest BCUT2D eigenvalue weighted by Crippen LogP contribution is 2.76. The molecule has 388 valence electrons. The van der Waals surface area contributed by atoms with Crippen LogP contribution >= 0.6 is 0 Å². The number of hydrogen-bond donors (Lipinski definition) is 13. The van der Waals surface area contributed by atoms with Crippen molar-refractivity contribution < 1.29 is 94.8 Å². The molecule has 3 saturated heterocycles. The molecule has 13 N–H and O–H groups in total. The van der Waals surface area contributed by atoms with Gasteiger partial charge in [0.15, 0.2) is 18.9 Å². The van der Waals surface area contributed by atoms with Crippen LogP contribution in [0.5, 0.6) is 0 Å². The average molecular weight is 963 g/mol. The number of aliphatic hydroxyl groups is 13. The quantitative estimate of drug-likeness (QED) is 0.0773. The Morgan fingerprint density at radius 3 is 1.70 bits per heavy atom. The molecule has 0 bridgehead atoms. The van der Waals surface area contributed by atoms with Crippen molar-refractivity contribution in [2.75, 3.05) is 19.8 Å². The molecule has 4 saturated carbocycles. The molecule has 0 aromatic rings. The summed E-state index contributed by atoms with van der Waals surface area (Å²) >= 11 is 0. The van der Waals surface area contributed by atoms with Gasteiger partial charge in [0.05, 0.1) is 43.7 Å². The maximum Gasteiger partial charge on any atom is 0.187 e. The van der Waals surface area contributed by atoms with Gasteiger partial charge in [-0.25, -0.2) is 0 Å². The highest BCUT2D eigenvalue weighted by atomic mass is 16.8. The molecule has 0 spiro atoms. The fourth-order valence-corrected chi connectivity index (χ4v) is 14.9. The lowest BCUT2D eigenvalue weighted by Crippen LogP contribution is -2.71. The van der Waals surface area contributed by atoms with E-state index < -0.39 is 163 Å². The van der Waals surface area contributed by atoms with E-state index in [1.54, 1.807) is 0 Å². The van der Waals surface area contributed by atoms with Gasteiger partial charge in [0, 0.05) is 0 Å². The molecule has 4 aliphatic carbocycles. The zero-order valence-electron chi connectivity index (χ0n) is 40.3. The first-order valence-corrected chi connectivity index (χ1v) is 24.5. The molecule has 0 aromatic heterocycles. The summed E-state index contributed by atoms with van der Waals surface area (Å²) in [5, 5.41) is 142. The maximum absolute atomic E-state index is 12.8. The molecule has 26 atom stereocenters. The van der Waals surface area contributed by atoms with Crippen LogP contribution in [0.25, 0.3) is 0 Å². The van der Waals surface area contributed by atoms with Crippen LogP contribution in [0.3, 0.4) is 0 Å².